The molecule has 2 heterocycles. The number of carbonyl (C=O) groups excluding carboxylic acids is 3. The molecule has 6 atom stereocenters. The van der Waals surface area contributed by atoms with E-state index in [0.717, 1.165) is 63.5 Å². The molecule has 1 saturated heterocycles. The third-order valence-electron chi connectivity index (χ3n) is 12.8. The molecule has 0 bridgehead atoms. The summed E-state index contributed by atoms with van der Waals surface area (Å²) in [7, 11) is 0. The molecular formula is C41H53N3O6. The van der Waals surface area contributed by atoms with Crippen LogP contribution >= 0.6 is 0 Å². The molecule has 2 aliphatic heterocycles. The van der Waals surface area contributed by atoms with Crippen molar-refractivity contribution in [1.82, 2.24) is 10.6 Å². The van der Waals surface area contributed by atoms with Crippen molar-refractivity contribution in [3.8, 4) is 0 Å². The number of hydrogen-bond donors (Lipinski definition) is 4. The van der Waals surface area contributed by atoms with E-state index < -0.39 is 28.7 Å². The maximum atomic E-state index is 14.4. The number of ether oxygens (including phenoxy) is 2. The molecule has 7 rings (SSSR count). The van der Waals surface area contributed by atoms with Crippen molar-refractivity contribution in [2.24, 2.45) is 28.9 Å². The molecule has 0 radical (unpaired) electrons. The molecule has 3 fully saturated rings. The van der Waals surface area contributed by atoms with Crippen LogP contribution in [-0.2, 0) is 14.3 Å². The molecule has 6 aliphatic rings. The molecule has 9 nitrogen and oxygen atoms in total. The van der Waals surface area contributed by atoms with E-state index in [9.17, 15) is 19.5 Å². The number of hydrogen-bond acceptors (Lipinski definition) is 9. The highest BCUT2D eigenvalue weighted by Gasteiger charge is 2.85. The van der Waals surface area contributed by atoms with Crippen molar-refractivity contribution >= 4 is 17.5 Å². The number of aliphatic hydroxyl groups excluding tert-OH is 1. The van der Waals surface area contributed by atoms with Gasteiger partial charge in [0.1, 0.15) is 0 Å². The first-order valence-electron chi connectivity index (χ1n) is 18.8. The highest BCUT2D eigenvalue weighted by atomic mass is 16.7. The van der Waals surface area contributed by atoms with Crippen molar-refractivity contribution in [1.29, 1.82) is 0 Å². The van der Waals surface area contributed by atoms with E-state index in [4.69, 9.17) is 15.2 Å². The van der Waals surface area contributed by atoms with Gasteiger partial charge in [0, 0.05) is 36.1 Å². The summed E-state index contributed by atoms with van der Waals surface area (Å²) in [5.74, 6) is 0.0470. The van der Waals surface area contributed by atoms with Crippen molar-refractivity contribution in [3.05, 3.63) is 82.2 Å². The van der Waals surface area contributed by atoms with Crippen molar-refractivity contribution in [3.63, 3.8) is 0 Å². The van der Waals surface area contributed by atoms with Gasteiger partial charge in [-0.1, -0.05) is 74.3 Å². The summed E-state index contributed by atoms with van der Waals surface area (Å²) in [6.45, 7) is 5.39. The largest absolute Gasteiger partial charge is 0.463 e. The minimum Gasteiger partial charge on any atom is -0.463 e. The van der Waals surface area contributed by atoms with Gasteiger partial charge in [0.25, 0.3) is 5.60 Å². The Labute approximate surface area is 295 Å². The molecule has 0 spiro atoms. The molecule has 50 heavy (non-hydrogen) atoms. The molecule has 1 aromatic rings. The maximum Gasteiger partial charge on any atom is 0.350 e. The first kappa shape index (κ1) is 34.9. The topological polar surface area (TPSA) is 143 Å². The smallest absolute Gasteiger partial charge is 0.350 e. The van der Waals surface area contributed by atoms with Crippen LogP contribution in [-0.4, -0.2) is 66.2 Å². The molecule has 2 saturated carbocycles. The third kappa shape index (κ3) is 5.89. The number of esters is 1. The fourth-order valence-corrected chi connectivity index (χ4v) is 10.0. The lowest BCUT2D eigenvalue weighted by Gasteiger charge is -2.42. The zero-order chi connectivity index (χ0) is 35.1. The number of dihydropyridines is 1. The number of ketones is 2. The summed E-state index contributed by atoms with van der Waals surface area (Å²) >= 11 is 0. The van der Waals surface area contributed by atoms with Crippen LogP contribution in [0.1, 0.15) is 105 Å². The Balaban J connectivity index is 1.18. The summed E-state index contributed by atoms with van der Waals surface area (Å²) in [6, 6.07) is 6.80. The zero-order valence-corrected chi connectivity index (χ0v) is 29.6. The summed E-state index contributed by atoms with van der Waals surface area (Å²) in [5, 5.41) is 17.6. The van der Waals surface area contributed by atoms with Crippen LogP contribution in [0, 0.1) is 23.2 Å². The number of epoxide rings is 1. The summed E-state index contributed by atoms with van der Waals surface area (Å²) in [6.07, 6.45) is 18.9. The second-order valence-corrected chi connectivity index (χ2v) is 15.6. The van der Waals surface area contributed by atoms with E-state index in [1.165, 1.54) is 12.0 Å². The van der Waals surface area contributed by atoms with Crippen LogP contribution in [0.5, 0.6) is 0 Å². The van der Waals surface area contributed by atoms with Gasteiger partial charge >= 0.3 is 5.97 Å². The molecule has 5 N–H and O–H groups in total. The number of fused-ring (bicyclic) bond motifs is 3. The van der Waals surface area contributed by atoms with E-state index in [-0.39, 0.29) is 48.1 Å². The molecule has 9 heteroatoms. The maximum absolute atomic E-state index is 14.4. The molecule has 1 aromatic carbocycles. The van der Waals surface area contributed by atoms with Gasteiger partial charge in [-0.25, -0.2) is 4.79 Å². The second kappa shape index (κ2) is 13.9. The average molecular weight is 684 g/mol. The van der Waals surface area contributed by atoms with Gasteiger partial charge in [-0.3, -0.25) is 9.59 Å². The Kier molecular flexibility index (Phi) is 9.69. The van der Waals surface area contributed by atoms with Crippen LogP contribution in [0.15, 0.2) is 71.1 Å². The molecular weight excluding hydrogens is 630 g/mol. The fraction of sp³-hybridized carbons (Fsp3) is 0.585. The fourth-order valence-electron chi connectivity index (χ4n) is 10.0. The lowest BCUT2D eigenvalue weighted by atomic mass is 9.64. The highest BCUT2D eigenvalue weighted by Crippen LogP contribution is 2.60. The summed E-state index contributed by atoms with van der Waals surface area (Å²) < 4.78 is 12.3. The predicted molar refractivity (Wildman–Crippen MR) is 191 cm³/mol. The summed E-state index contributed by atoms with van der Waals surface area (Å²) in [5.41, 5.74) is 5.41. The first-order valence-corrected chi connectivity index (χ1v) is 18.8. The Morgan fingerprint density at radius 1 is 1.10 bits per heavy atom. The van der Waals surface area contributed by atoms with Gasteiger partial charge in [0.15, 0.2) is 11.4 Å². The standard InChI is InChI=1S/C41H53N3O6/c1-3-43-34-20-28-12-6-5-11-27(28)19-29(34)25-49-38(48)41-37(47)33-14-8-7-13-32(33)36(46)40(41,50-41)23-30(24-45)26(2)22-39(16-9-4-10-17-39)31-15-18-44-35(42)21-31/h6-8,12-15,21,27-29,34,43-45H,3-5,9-11,16-20,22-25,42H2,1-2H3/b30-26-/t27-,28-,29+,34+,40+,41+/m1/s1. The van der Waals surface area contributed by atoms with Crippen LogP contribution in [0.25, 0.3) is 0 Å². The predicted octanol–water partition coefficient (Wildman–Crippen LogP) is 5.46. The van der Waals surface area contributed by atoms with E-state index in [2.05, 4.69) is 35.8 Å². The summed E-state index contributed by atoms with van der Waals surface area (Å²) in [4.78, 5) is 43.0. The lowest BCUT2D eigenvalue weighted by Crippen LogP contribution is -2.52. The van der Waals surface area contributed by atoms with Gasteiger partial charge < -0.3 is 30.9 Å². The van der Waals surface area contributed by atoms with E-state index in [0.29, 0.717) is 36.2 Å². The van der Waals surface area contributed by atoms with Crippen molar-refractivity contribution in [2.45, 2.75) is 102 Å². The molecule has 0 aromatic heterocycles. The van der Waals surface area contributed by atoms with Crippen molar-refractivity contribution < 1.29 is 29.0 Å². The van der Waals surface area contributed by atoms with Gasteiger partial charge in [-0.2, -0.15) is 0 Å². The number of carbonyl (C=O) groups is 3. The Hall–Kier alpha value is -3.53. The molecule has 0 unspecified atom stereocenters. The van der Waals surface area contributed by atoms with Gasteiger partial charge in [0.05, 0.1) is 19.0 Å². The Morgan fingerprint density at radius 2 is 1.86 bits per heavy atom. The monoisotopic (exact) mass is 683 g/mol. The second-order valence-electron chi connectivity index (χ2n) is 15.6. The van der Waals surface area contributed by atoms with Crippen LogP contribution in [0.4, 0.5) is 0 Å². The van der Waals surface area contributed by atoms with Crippen LogP contribution in [0.3, 0.4) is 0 Å². The van der Waals surface area contributed by atoms with Gasteiger partial charge in [-0.15, -0.1) is 0 Å². The average Bonchev–Trinajstić information content (AvgIpc) is 3.84. The van der Waals surface area contributed by atoms with Crippen LogP contribution in [0.2, 0.25) is 0 Å². The Bertz CT molecular complexity index is 1650. The van der Waals surface area contributed by atoms with E-state index in [1.807, 2.05) is 13.0 Å². The first-order chi connectivity index (χ1) is 24.2. The number of nitrogens with two attached hydrogens (primary N) is 1. The molecule has 0 amide bonds. The number of rotatable bonds is 11. The highest BCUT2D eigenvalue weighted by molar-refractivity contribution is 6.32. The molecule has 268 valence electrons. The van der Waals surface area contributed by atoms with Gasteiger partial charge in [-0.05, 0) is 92.9 Å². The quantitative estimate of drug-likeness (QED) is 0.104. The van der Waals surface area contributed by atoms with E-state index in [1.54, 1.807) is 24.3 Å². The Morgan fingerprint density at radius 3 is 2.58 bits per heavy atom. The lowest BCUT2D eigenvalue weighted by molar-refractivity contribution is -0.150. The number of Topliss-reactive ketones (excluding diaryl/α,β-unsaturated/α-hetero) is 2. The minimum atomic E-state index is -2.07. The number of nitrogens with one attached hydrogen (secondary N) is 2. The number of benzene rings is 1. The van der Waals surface area contributed by atoms with Crippen molar-refractivity contribution in [2.75, 3.05) is 26.3 Å². The normalized spacial score (nSPS) is 33.1. The third-order valence-corrected chi connectivity index (χ3v) is 12.8. The number of allylic oxidation sites excluding steroid dienone is 5. The minimum absolute atomic E-state index is 0.0580. The van der Waals surface area contributed by atoms with E-state index >= 15 is 0 Å². The van der Waals surface area contributed by atoms with Crippen LogP contribution < -0.4 is 16.4 Å². The zero-order valence-electron chi connectivity index (χ0n) is 29.6. The number of aliphatic hydroxyl groups is 1. The molecule has 4 aliphatic carbocycles. The SMILES string of the molecule is CCN[C@H]1C[C@H]2C=CCC[C@@H]2C[C@H]1COC(=O)[C@]12O[C@@]1(C/C(CO)=C(\C)CC1(C3=CCNC(N)=C3)CCCCC1)C(=O)c1ccccc1C2=O. The van der Waals surface area contributed by atoms with Gasteiger partial charge in [0.2, 0.25) is 5.78 Å².